The molecule has 0 unspecified atom stereocenters. The summed E-state index contributed by atoms with van der Waals surface area (Å²) in [5.74, 6) is -0.339. The number of carbonyl (C=O) groups excluding carboxylic acids is 1. The van der Waals surface area contributed by atoms with Crippen LogP contribution in [0.4, 0.5) is 0 Å². The van der Waals surface area contributed by atoms with E-state index in [1.54, 1.807) is 6.92 Å². The van der Waals surface area contributed by atoms with Gasteiger partial charge < -0.3 is 4.74 Å². The fraction of sp³-hybridized carbons (Fsp3) is 0.556. The largest absolute Gasteiger partial charge is 0.465 e. The van der Waals surface area contributed by atoms with Gasteiger partial charge in [-0.15, -0.1) is 0 Å². The number of carbonyl (C=O) groups is 1. The summed E-state index contributed by atoms with van der Waals surface area (Å²) in [5.41, 5.74) is 0.620. The predicted octanol–water partition coefficient (Wildman–Crippen LogP) is 0.302. The van der Waals surface area contributed by atoms with Crippen molar-refractivity contribution < 1.29 is 9.53 Å². The van der Waals surface area contributed by atoms with Crippen LogP contribution in [0.5, 0.6) is 0 Å². The van der Waals surface area contributed by atoms with E-state index in [4.69, 9.17) is 4.74 Å². The lowest BCUT2D eigenvalue weighted by Crippen LogP contribution is -2.17. The van der Waals surface area contributed by atoms with Crippen molar-refractivity contribution in [2.45, 2.75) is 26.8 Å². The van der Waals surface area contributed by atoms with Crippen LogP contribution in [-0.2, 0) is 22.5 Å². The first kappa shape index (κ1) is 10.6. The van der Waals surface area contributed by atoms with Gasteiger partial charge in [-0.05, 0) is 13.3 Å². The zero-order chi connectivity index (χ0) is 10.6. The molecule has 1 N–H and O–H groups in total. The molecule has 14 heavy (non-hydrogen) atoms. The highest BCUT2D eigenvalue weighted by Gasteiger charge is 2.07. The monoisotopic (exact) mass is 198 g/mol. The van der Waals surface area contributed by atoms with Gasteiger partial charge in [-0.25, -0.2) is 0 Å². The molecule has 0 aliphatic heterocycles. The van der Waals surface area contributed by atoms with Crippen molar-refractivity contribution >= 4 is 5.97 Å². The Labute approximate surface area is 81.7 Å². The van der Waals surface area contributed by atoms with Gasteiger partial charge >= 0.3 is 5.97 Å². The Hall–Kier alpha value is -1.52. The molecule has 0 saturated heterocycles. The number of H-pyrrole nitrogens is 1. The third-order valence-corrected chi connectivity index (χ3v) is 1.84. The molecule has 78 valence electrons. The average molecular weight is 198 g/mol. The zero-order valence-electron chi connectivity index (χ0n) is 8.37. The van der Waals surface area contributed by atoms with E-state index in [9.17, 15) is 9.59 Å². The first-order chi connectivity index (χ1) is 6.67. The molecule has 0 aromatic carbocycles. The molecule has 0 spiro atoms. The zero-order valence-corrected chi connectivity index (χ0v) is 8.37. The summed E-state index contributed by atoms with van der Waals surface area (Å²) in [6.07, 6.45) is 0.706. The van der Waals surface area contributed by atoms with Crippen molar-refractivity contribution in [3.8, 4) is 0 Å². The first-order valence-electron chi connectivity index (χ1n) is 4.61. The van der Waals surface area contributed by atoms with Crippen molar-refractivity contribution in [2.75, 3.05) is 6.61 Å². The van der Waals surface area contributed by atoms with Gasteiger partial charge in [-0.1, -0.05) is 6.92 Å². The van der Waals surface area contributed by atoms with E-state index in [-0.39, 0.29) is 18.1 Å². The van der Waals surface area contributed by atoms with Crippen molar-refractivity contribution in [1.82, 2.24) is 9.78 Å². The minimum Gasteiger partial charge on any atom is -0.465 e. The molecule has 0 saturated carbocycles. The number of hydrogen-bond donors (Lipinski definition) is 1. The molecular weight excluding hydrogens is 184 g/mol. The van der Waals surface area contributed by atoms with Gasteiger partial charge in [0.05, 0.1) is 6.61 Å². The normalized spacial score (nSPS) is 10.1. The maximum atomic E-state index is 11.1. The fourth-order valence-corrected chi connectivity index (χ4v) is 1.24. The number of nitrogens with one attached hydrogen (secondary N) is 1. The second-order valence-electron chi connectivity index (χ2n) is 2.86. The second kappa shape index (κ2) is 4.64. The number of aryl methyl sites for hydroxylation is 1. The van der Waals surface area contributed by atoms with E-state index in [0.29, 0.717) is 13.0 Å². The van der Waals surface area contributed by atoms with Crippen LogP contribution in [0.2, 0.25) is 0 Å². The third kappa shape index (κ3) is 2.48. The summed E-state index contributed by atoms with van der Waals surface area (Å²) in [6.45, 7) is 4.09. The smallest absolute Gasteiger partial charge is 0.327 e. The van der Waals surface area contributed by atoms with Crippen molar-refractivity contribution in [2.24, 2.45) is 0 Å². The van der Waals surface area contributed by atoms with E-state index in [0.717, 1.165) is 5.69 Å². The highest BCUT2D eigenvalue weighted by Crippen LogP contribution is 1.96. The molecule has 5 heteroatoms. The van der Waals surface area contributed by atoms with E-state index >= 15 is 0 Å². The lowest BCUT2D eigenvalue weighted by atomic mass is 10.3. The van der Waals surface area contributed by atoms with Crippen LogP contribution in [-0.4, -0.2) is 22.4 Å². The molecule has 1 aromatic rings. The lowest BCUT2D eigenvalue weighted by Gasteiger charge is -2.05. The number of nitrogens with zero attached hydrogens (tertiary/aromatic N) is 1. The van der Waals surface area contributed by atoms with Gasteiger partial charge in [0, 0.05) is 11.8 Å². The van der Waals surface area contributed by atoms with Crippen LogP contribution in [0, 0.1) is 0 Å². The molecule has 0 amide bonds. The Morgan fingerprint density at radius 1 is 1.57 bits per heavy atom. The molecule has 0 aliphatic carbocycles. The second-order valence-corrected chi connectivity index (χ2v) is 2.86. The van der Waals surface area contributed by atoms with E-state index < -0.39 is 0 Å². The van der Waals surface area contributed by atoms with Gasteiger partial charge in [0.1, 0.15) is 6.54 Å². The molecule has 5 nitrogen and oxygen atoms in total. The Balaban J connectivity index is 2.75. The summed E-state index contributed by atoms with van der Waals surface area (Å²) >= 11 is 0. The summed E-state index contributed by atoms with van der Waals surface area (Å²) in [4.78, 5) is 22.1. The summed E-state index contributed by atoms with van der Waals surface area (Å²) < 4.78 is 6.29. The van der Waals surface area contributed by atoms with Gasteiger partial charge in [0.2, 0.25) is 0 Å². The molecule has 0 atom stereocenters. The predicted molar refractivity (Wildman–Crippen MR) is 51.1 cm³/mol. The molecule has 1 heterocycles. The first-order valence-corrected chi connectivity index (χ1v) is 4.61. The average Bonchev–Trinajstić information content (AvgIpc) is 2.46. The summed E-state index contributed by atoms with van der Waals surface area (Å²) in [6, 6.07) is 1.49. The van der Waals surface area contributed by atoms with Crippen LogP contribution >= 0.6 is 0 Å². The number of aromatic nitrogens is 2. The highest BCUT2D eigenvalue weighted by atomic mass is 16.5. The van der Waals surface area contributed by atoms with Crippen LogP contribution < -0.4 is 5.56 Å². The van der Waals surface area contributed by atoms with Crippen LogP contribution in [0.3, 0.4) is 0 Å². The standard InChI is InChI=1S/C9H14N2O3/c1-3-7-5-8(12)10-11(7)6-9(13)14-4-2/h5H,3-4,6H2,1-2H3,(H,10,12). The Morgan fingerprint density at radius 2 is 2.29 bits per heavy atom. The van der Waals surface area contributed by atoms with Crippen molar-refractivity contribution in [1.29, 1.82) is 0 Å². The molecule has 0 fully saturated rings. The fourth-order valence-electron chi connectivity index (χ4n) is 1.24. The highest BCUT2D eigenvalue weighted by molar-refractivity contribution is 5.69. The third-order valence-electron chi connectivity index (χ3n) is 1.84. The van der Waals surface area contributed by atoms with Gasteiger partial charge in [-0.2, -0.15) is 0 Å². The Kier molecular flexibility index (Phi) is 3.50. The van der Waals surface area contributed by atoms with Crippen LogP contribution in [0.15, 0.2) is 10.9 Å². The number of hydrogen-bond acceptors (Lipinski definition) is 3. The van der Waals surface area contributed by atoms with Crippen molar-refractivity contribution in [3.05, 3.63) is 22.1 Å². The molecule has 0 aliphatic rings. The summed E-state index contributed by atoms with van der Waals surface area (Å²) in [7, 11) is 0. The molecule has 0 radical (unpaired) electrons. The maximum Gasteiger partial charge on any atom is 0.327 e. The number of rotatable bonds is 4. The molecule has 1 aromatic heterocycles. The van der Waals surface area contributed by atoms with Crippen LogP contribution in [0.25, 0.3) is 0 Å². The minimum atomic E-state index is -0.339. The Morgan fingerprint density at radius 3 is 2.86 bits per heavy atom. The van der Waals surface area contributed by atoms with Gasteiger partial charge in [0.25, 0.3) is 5.56 Å². The molecule has 1 rings (SSSR count). The van der Waals surface area contributed by atoms with E-state index in [1.165, 1.54) is 10.7 Å². The SMILES string of the molecule is CCOC(=O)Cn1[nH]c(=O)cc1CC. The maximum absolute atomic E-state index is 11.1. The van der Waals surface area contributed by atoms with E-state index in [1.807, 2.05) is 6.92 Å². The number of esters is 1. The quantitative estimate of drug-likeness (QED) is 0.708. The molecule has 0 bridgehead atoms. The lowest BCUT2D eigenvalue weighted by molar-refractivity contribution is -0.144. The number of aromatic amines is 1. The minimum absolute atomic E-state index is 0.0687. The Bertz CT molecular complexity index is 364. The van der Waals surface area contributed by atoms with E-state index in [2.05, 4.69) is 5.10 Å². The van der Waals surface area contributed by atoms with Gasteiger partial charge in [0.15, 0.2) is 0 Å². The number of ether oxygens (including phenoxy) is 1. The van der Waals surface area contributed by atoms with Gasteiger partial charge in [-0.3, -0.25) is 19.4 Å². The molecular formula is C9H14N2O3. The topological polar surface area (TPSA) is 64.1 Å². The summed E-state index contributed by atoms with van der Waals surface area (Å²) in [5, 5.41) is 2.55. The van der Waals surface area contributed by atoms with Crippen LogP contribution in [0.1, 0.15) is 19.5 Å². The van der Waals surface area contributed by atoms with Crippen molar-refractivity contribution in [3.63, 3.8) is 0 Å².